The number of hydrogen-bond donors (Lipinski definition) is 2. The molecule has 0 spiro atoms. The number of likely N-dealkylation sites (N-methyl/N-ethyl adjacent to an activating group) is 2. The van der Waals surface area contributed by atoms with E-state index in [2.05, 4.69) is 39.6 Å². The summed E-state index contributed by atoms with van der Waals surface area (Å²) in [6.07, 6.45) is 12.8. The predicted molar refractivity (Wildman–Crippen MR) is 123 cm³/mol. The highest BCUT2D eigenvalue weighted by molar-refractivity contribution is 5.47. The van der Waals surface area contributed by atoms with Crippen LogP contribution in [0.15, 0.2) is 42.7 Å². The van der Waals surface area contributed by atoms with E-state index in [0.717, 1.165) is 45.1 Å². The zero-order valence-corrected chi connectivity index (χ0v) is 18.7. The Balaban J connectivity index is 0.000000232. The first kappa shape index (κ1) is 24.1. The molecule has 0 radical (unpaired) electrons. The number of rotatable bonds is 11. The zero-order chi connectivity index (χ0) is 21.4. The second-order valence-electron chi connectivity index (χ2n) is 8.30. The molecule has 0 aliphatic heterocycles. The van der Waals surface area contributed by atoms with Crippen molar-refractivity contribution in [3.8, 4) is 0 Å². The number of carbonyl (C=O) groups excluding carboxylic acids is 1. The molecular weight excluding hydrogens is 374 g/mol. The molecule has 1 aromatic carbocycles. The lowest BCUT2D eigenvalue weighted by molar-refractivity contribution is -0.118. The molecule has 0 unspecified atom stereocenters. The van der Waals surface area contributed by atoms with Gasteiger partial charge in [-0.05, 0) is 32.0 Å². The van der Waals surface area contributed by atoms with E-state index in [9.17, 15) is 4.79 Å². The Morgan fingerprint density at radius 2 is 1.87 bits per heavy atom. The van der Waals surface area contributed by atoms with Crippen LogP contribution in [0.4, 0.5) is 0 Å². The maximum absolute atomic E-state index is 11.1. The van der Waals surface area contributed by atoms with Crippen LogP contribution < -0.4 is 5.32 Å². The maximum Gasteiger partial charge on any atom is 0.210 e. The summed E-state index contributed by atoms with van der Waals surface area (Å²) >= 11 is 0. The Morgan fingerprint density at radius 1 is 1.10 bits per heavy atom. The molecule has 1 fully saturated rings. The minimum Gasteiger partial charge on any atom is -0.341 e. The molecule has 1 aromatic heterocycles. The van der Waals surface area contributed by atoms with E-state index in [0.29, 0.717) is 0 Å². The second-order valence-corrected chi connectivity index (χ2v) is 8.30. The monoisotopic (exact) mass is 413 g/mol. The molecular formula is C24H39N5O. The Labute approximate surface area is 182 Å². The van der Waals surface area contributed by atoms with Crippen LogP contribution in [-0.4, -0.2) is 60.1 Å². The Hall–Kier alpha value is -2.18. The van der Waals surface area contributed by atoms with Crippen molar-refractivity contribution in [1.82, 2.24) is 25.3 Å². The van der Waals surface area contributed by atoms with Gasteiger partial charge in [-0.15, -0.1) is 0 Å². The first-order chi connectivity index (χ1) is 14.7. The highest BCUT2D eigenvalue weighted by atomic mass is 16.1. The fourth-order valence-corrected chi connectivity index (χ4v) is 3.87. The minimum atomic E-state index is 0.747. The molecule has 6 nitrogen and oxygen atoms in total. The third-order valence-electron chi connectivity index (χ3n) is 5.68. The van der Waals surface area contributed by atoms with Gasteiger partial charge in [0.15, 0.2) is 0 Å². The molecule has 1 aliphatic rings. The number of benzene rings is 1. The van der Waals surface area contributed by atoms with Gasteiger partial charge < -0.3 is 15.1 Å². The largest absolute Gasteiger partial charge is 0.341 e. The lowest BCUT2D eigenvalue weighted by Gasteiger charge is -2.24. The number of aromatic nitrogens is 2. The van der Waals surface area contributed by atoms with E-state index in [1.54, 1.807) is 0 Å². The van der Waals surface area contributed by atoms with Crippen LogP contribution in [0.25, 0.3) is 0 Å². The standard InChI is InChI=1S/C16H23NO.C8H16N4/c18-14-17(13-16-9-5-2-6-10-16)12-11-15-7-3-1-4-8-15;1-9-3-4-12(2)7-8-5-10-11-6-8/h2,5-6,9-10,14-15H,1,3-4,7-8,11-13H2;5-6,9H,3-4,7H2,1-2H3,(H,10,11). The van der Waals surface area contributed by atoms with Crippen LogP contribution >= 0.6 is 0 Å². The number of H-pyrrole nitrogens is 1. The fraction of sp³-hybridized carbons (Fsp3) is 0.583. The van der Waals surface area contributed by atoms with Crippen LogP contribution in [0.3, 0.4) is 0 Å². The van der Waals surface area contributed by atoms with E-state index >= 15 is 0 Å². The normalized spacial score (nSPS) is 14.2. The van der Waals surface area contributed by atoms with Gasteiger partial charge in [0.1, 0.15) is 0 Å². The van der Waals surface area contributed by atoms with Crippen LogP contribution in [0.1, 0.15) is 49.7 Å². The third-order valence-corrected chi connectivity index (χ3v) is 5.68. The van der Waals surface area contributed by atoms with Gasteiger partial charge in [-0.25, -0.2) is 0 Å². The van der Waals surface area contributed by atoms with Crippen molar-refractivity contribution in [3.63, 3.8) is 0 Å². The van der Waals surface area contributed by atoms with E-state index in [-0.39, 0.29) is 0 Å². The lowest BCUT2D eigenvalue weighted by atomic mass is 9.87. The zero-order valence-electron chi connectivity index (χ0n) is 18.7. The van der Waals surface area contributed by atoms with E-state index in [4.69, 9.17) is 0 Å². The van der Waals surface area contributed by atoms with Crippen molar-refractivity contribution < 1.29 is 4.79 Å². The summed E-state index contributed by atoms with van der Waals surface area (Å²) in [4.78, 5) is 15.3. The maximum atomic E-state index is 11.1. The molecule has 2 N–H and O–H groups in total. The Morgan fingerprint density at radius 3 is 2.50 bits per heavy atom. The van der Waals surface area contributed by atoms with Gasteiger partial charge >= 0.3 is 0 Å². The van der Waals surface area contributed by atoms with Crippen LogP contribution in [0, 0.1) is 5.92 Å². The molecule has 0 atom stereocenters. The number of hydrogen-bond acceptors (Lipinski definition) is 4. The topological polar surface area (TPSA) is 64.3 Å². The number of nitrogens with zero attached hydrogens (tertiary/aromatic N) is 3. The summed E-state index contributed by atoms with van der Waals surface area (Å²) in [5.41, 5.74) is 2.45. The van der Waals surface area contributed by atoms with Crippen molar-refractivity contribution in [2.45, 2.75) is 51.6 Å². The Kier molecular flexibility index (Phi) is 11.8. The molecule has 0 bridgehead atoms. The van der Waals surface area contributed by atoms with E-state index < -0.39 is 0 Å². The summed E-state index contributed by atoms with van der Waals surface area (Å²) in [6, 6.07) is 10.2. The van der Waals surface area contributed by atoms with Gasteiger partial charge in [0.05, 0.1) is 6.20 Å². The molecule has 6 heteroatoms. The van der Waals surface area contributed by atoms with Crippen LogP contribution in [-0.2, 0) is 17.9 Å². The predicted octanol–water partition coefficient (Wildman–Crippen LogP) is 3.68. The smallest absolute Gasteiger partial charge is 0.210 e. The first-order valence-electron chi connectivity index (χ1n) is 11.2. The average molecular weight is 414 g/mol. The molecule has 0 saturated heterocycles. The molecule has 30 heavy (non-hydrogen) atoms. The number of carbonyl (C=O) groups is 1. The number of aromatic amines is 1. The highest BCUT2D eigenvalue weighted by Gasteiger charge is 2.14. The summed E-state index contributed by atoms with van der Waals surface area (Å²) in [5, 5.41) is 9.80. The van der Waals surface area contributed by atoms with Gasteiger partial charge in [0, 0.05) is 44.5 Å². The van der Waals surface area contributed by atoms with Gasteiger partial charge in [0.2, 0.25) is 6.41 Å². The number of amides is 1. The fourth-order valence-electron chi connectivity index (χ4n) is 3.87. The second kappa shape index (κ2) is 14.7. The summed E-state index contributed by atoms with van der Waals surface area (Å²) in [6.45, 7) is 4.69. The van der Waals surface area contributed by atoms with E-state index in [1.807, 2.05) is 42.5 Å². The van der Waals surface area contributed by atoms with Crippen molar-refractivity contribution in [2.24, 2.45) is 5.92 Å². The quantitative estimate of drug-likeness (QED) is 0.552. The van der Waals surface area contributed by atoms with Crippen molar-refractivity contribution in [3.05, 3.63) is 53.9 Å². The lowest BCUT2D eigenvalue weighted by Crippen LogP contribution is -2.26. The SMILES string of the molecule is CNCCN(C)Cc1cn[nH]c1.O=CN(CCC1CCCCC1)Cc1ccccc1. The molecule has 2 aromatic rings. The average Bonchev–Trinajstić information content (AvgIpc) is 3.30. The van der Waals surface area contributed by atoms with Gasteiger partial charge in [-0.2, -0.15) is 5.10 Å². The van der Waals surface area contributed by atoms with Crippen molar-refractivity contribution in [2.75, 3.05) is 33.7 Å². The third kappa shape index (κ3) is 10.0. The van der Waals surface area contributed by atoms with Crippen LogP contribution in [0.2, 0.25) is 0 Å². The number of nitrogens with one attached hydrogen (secondary N) is 2. The Bertz CT molecular complexity index is 656. The summed E-state index contributed by atoms with van der Waals surface area (Å²) < 4.78 is 0. The minimum absolute atomic E-state index is 0.747. The molecule has 3 rings (SSSR count). The van der Waals surface area contributed by atoms with Gasteiger partial charge in [-0.3, -0.25) is 9.89 Å². The highest BCUT2D eigenvalue weighted by Crippen LogP contribution is 2.26. The molecule has 1 saturated carbocycles. The van der Waals surface area contributed by atoms with Crippen molar-refractivity contribution >= 4 is 6.41 Å². The van der Waals surface area contributed by atoms with Crippen molar-refractivity contribution in [1.29, 1.82) is 0 Å². The van der Waals surface area contributed by atoms with E-state index in [1.165, 1.54) is 49.7 Å². The van der Waals surface area contributed by atoms with Crippen LogP contribution in [0.5, 0.6) is 0 Å². The molecule has 166 valence electrons. The molecule has 1 aliphatic carbocycles. The summed E-state index contributed by atoms with van der Waals surface area (Å²) in [7, 11) is 4.07. The molecule has 1 amide bonds. The van der Waals surface area contributed by atoms with Gasteiger partial charge in [0.25, 0.3) is 0 Å². The van der Waals surface area contributed by atoms with Gasteiger partial charge in [-0.1, -0.05) is 62.4 Å². The summed E-state index contributed by atoms with van der Waals surface area (Å²) in [5.74, 6) is 0.844. The first-order valence-corrected chi connectivity index (χ1v) is 11.2. The molecule has 1 heterocycles.